The summed E-state index contributed by atoms with van der Waals surface area (Å²) in [5, 5.41) is 18.8. The van der Waals surface area contributed by atoms with Gasteiger partial charge in [0, 0.05) is 6.42 Å². The molecule has 166 valence electrons. The van der Waals surface area contributed by atoms with Crippen LogP contribution in [0.4, 0.5) is 0 Å². The van der Waals surface area contributed by atoms with Gasteiger partial charge in [0.05, 0.1) is 12.1 Å². The highest BCUT2D eigenvalue weighted by molar-refractivity contribution is 7.98. The fourth-order valence-electron chi connectivity index (χ4n) is 3.04. The number of rotatable bonds is 13. The highest BCUT2D eigenvalue weighted by atomic mass is 32.2. The van der Waals surface area contributed by atoms with E-state index in [1.54, 1.807) is 13.2 Å². The monoisotopic (exact) mass is 433 g/mol. The molecular weight excluding hydrogens is 402 g/mol. The quantitative estimate of drug-likeness (QED) is 0.290. The van der Waals surface area contributed by atoms with Gasteiger partial charge in [0.15, 0.2) is 5.78 Å². The maximum Gasteiger partial charge on any atom is 0.338 e. The largest absolute Gasteiger partial charge is 0.481 e. The zero-order valence-corrected chi connectivity index (χ0v) is 18.0. The third-order valence-corrected chi connectivity index (χ3v) is 5.56. The number of imide groups is 1. The number of carbonyl (C=O) groups excluding carboxylic acids is 3. The highest BCUT2D eigenvalue weighted by Gasteiger charge is 2.58. The second kappa shape index (κ2) is 11.9. The van der Waals surface area contributed by atoms with E-state index in [0.29, 0.717) is 10.7 Å². The van der Waals surface area contributed by atoms with Crippen molar-refractivity contribution in [2.75, 3.05) is 12.0 Å². The van der Waals surface area contributed by atoms with Crippen LogP contribution in [0.1, 0.15) is 46.5 Å². The van der Waals surface area contributed by atoms with Crippen molar-refractivity contribution in [3.05, 3.63) is 0 Å². The summed E-state index contributed by atoms with van der Waals surface area (Å²) in [6, 6.07) is -2.70. The van der Waals surface area contributed by atoms with Crippen molar-refractivity contribution in [1.82, 2.24) is 4.90 Å². The van der Waals surface area contributed by atoms with Crippen molar-refractivity contribution >= 4 is 41.3 Å². The molecule has 2 amide bonds. The molecule has 0 aromatic rings. The summed E-state index contributed by atoms with van der Waals surface area (Å²) in [4.78, 5) is 62.2. The van der Waals surface area contributed by atoms with Crippen molar-refractivity contribution < 1.29 is 34.2 Å². The van der Waals surface area contributed by atoms with Crippen LogP contribution in [-0.2, 0) is 24.0 Å². The van der Waals surface area contributed by atoms with Crippen molar-refractivity contribution in [3.8, 4) is 0 Å². The number of nitrogens with two attached hydrogens (primary N) is 2. The number of nitrogens with zero attached hydrogens (tertiary/aromatic N) is 1. The topological polar surface area (TPSA) is 181 Å². The Morgan fingerprint density at radius 1 is 1.03 bits per heavy atom. The minimum Gasteiger partial charge on any atom is -0.481 e. The molecule has 4 atom stereocenters. The fraction of sp³-hybridized carbons (Fsp3) is 0.722. The summed E-state index contributed by atoms with van der Waals surface area (Å²) in [6.45, 7) is 4.06. The van der Waals surface area contributed by atoms with Gasteiger partial charge in [0.1, 0.15) is 0 Å². The van der Waals surface area contributed by atoms with E-state index in [2.05, 4.69) is 0 Å². The van der Waals surface area contributed by atoms with E-state index in [1.165, 1.54) is 18.7 Å². The lowest BCUT2D eigenvalue weighted by Crippen LogP contribution is -2.70. The Kier molecular flexibility index (Phi) is 11.1. The first kappa shape index (κ1) is 27.0. The van der Waals surface area contributed by atoms with Crippen molar-refractivity contribution in [3.63, 3.8) is 0 Å². The number of hydrogen-bond acceptors (Lipinski definition) is 8. The van der Waals surface area contributed by atoms with Crippen LogP contribution in [0.15, 0.2) is 0 Å². The van der Waals surface area contributed by atoms with Crippen molar-refractivity contribution in [2.24, 2.45) is 17.4 Å². The number of amides is 2. The molecule has 0 aliphatic heterocycles. The van der Waals surface area contributed by atoms with Crippen LogP contribution < -0.4 is 11.5 Å². The highest BCUT2D eigenvalue weighted by Crippen LogP contribution is 2.31. The molecule has 0 aliphatic rings. The summed E-state index contributed by atoms with van der Waals surface area (Å²) >= 11 is 1.41. The number of carboxylic acids is 2. The minimum absolute atomic E-state index is 0.155. The molecule has 0 saturated carbocycles. The second-order valence-corrected chi connectivity index (χ2v) is 7.86. The van der Waals surface area contributed by atoms with Crippen LogP contribution in [-0.4, -0.2) is 74.3 Å². The van der Waals surface area contributed by atoms with E-state index < -0.39 is 59.5 Å². The van der Waals surface area contributed by atoms with E-state index in [0.717, 1.165) is 6.92 Å². The van der Waals surface area contributed by atoms with E-state index in [9.17, 15) is 29.1 Å². The van der Waals surface area contributed by atoms with Gasteiger partial charge in [-0.2, -0.15) is 11.8 Å². The van der Waals surface area contributed by atoms with Gasteiger partial charge in [-0.15, -0.1) is 0 Å². The van der Waals surface area contributed by atoms with Gasteiger partial charge in [-0.1, -0.05) is 20.3 Å². The third-order valence-electron chi connectivity index (χ3n) is 4.92. The lowest BCUT2D eigenvalue weighted by Gasteiger charge is -2.43. The second-order valence-electron chi connectivity index (χ2n) is 6.88. The zero-order valence-electron chi connectivity index (χ0n) is 17.2. The van der Waals surface area contributed by atoms with E-state index in [-0.39, 0.29) is 19.3 Å². The Morgan fingerprint density at radius 2 is 1.52 bits per heavy atom. The van der Waals surface area contributed by atoms with Crippen LogP contribution in [0.2, 0.25) is 0 Å². The molecule has 0 fully saturated rings. The van der Waals surface area contributed by atoms with E-state index in [4.69, 9.17) is 16.6 Å². The summed E-state index contributed by atoms with van der Waals surface area (Å²) < 4.78 is 0. The van der Waals surface area contributed by atoms with Crippen LogP contribution in [0, 0.1) is 5.92 Å². The number of ketones is 1. The number of aliphatic carboxylic acids is 2. The zero-order chi connectivity index (χ0) is 22.9. The van der Waals surface area contributed by atoms with Gasteiger partial charge in [0.2, 0.25) is 17.4 Å². The molecule has 0 radical (unpaired) electrons. The average molecular weight is 434 g/mol. The number of thioether (sulfide) groups is 1. The molecule has 0 rings (SSSR count). The Balaban J connectivity index is 6.46. The maximum absolute atomic E-state index is 13.1. The summed E-state index contributed by atoms with van der Waals surface area (Å²) in [5.74, 6) is -6.39. The van der Waals surface area contributed by atoms with Crippen molar-refractivity contribution in [2.45, 2.75) is 64.1 Å². The predicted octanol–water partition coefficient (Wildman–Crippen LogP) is 0.0726. The Bertz CT molecular complexity index is 627. The molecule has 0 spiro atoms. The maximum atomic E-state index is 13.1. The third kappa shape index (κ3) is 6.25. The van der Waals surface area contributed by atoms with Gasteiger partial charge < -0.3 is 21.7 Å². The molecular formula is C18H31N3O7S. The van der Waals surface area contributed by atoms with Gasteiger partial charge in [-0.25, -0.2) is 4.79 Å². The van der Waals surface area contributed by atoms with Gasteiger partial charge in [-0.05, 0) is 37.7 Å². The average Bonchev–Trinajstić information content (AvgIpc) is 2.65. The van der Waals surface area contributed by atoms with E-state index >= 15 is 0 Å². The smallest absolute Gasteiger partial charge is 0.338 e. The predicted molar refractivity (Wildman–Crippen MR) is 108 cm³/mol. The molecule has 4 unspecified atom stereocenters. The van der Waals surface area contributed by atoms with E-state index in [1.807, 2.05) is 0 Å². The number of carboxylic acid groups (broad SMARTS) is 2. The van der Waals surface area contributed by atoms with Gasteiger partial charge in [0.25, 0.3) is 0 Å². The Labute approximate surface area is 174 Å². The summed E-state index contributed by atoms with van der Waals surface area (Å²) in [6.07, 6.45) is 1.33. The SMILES string of the molecule is CCC(C)C(C(C)=O)(C(=O)O)N(C(=O)C(N)CCSC)C(=O)C(N)CCC(=O)O. The van der Waals surface area contributed by atoms with Crippen LogP contribution in [0.25, 0.3) is 0 Å². The Morgan fingerprint density at radius 3 is 1.86 bits per heavy atom. The summed E-state index contributed by atoms with van der Waals surface area (Å²) in [7, 11) is 0. The lowest BCUT2D eigenvalue weighted by molar-refractivity contribution is -0.175. The Hall–Kier alpha value is -1.98. The first-order valence-corrected chi connectivity index (χ1v) is 10.6. The minimum atomic E-state index is -2.49. The standard InChI is InChI=1S/C18H31N3O7S/c1-5-10(2)18(11(3)22,17(27)28)21(16(26)13(20)8-9-29-4)15(25)12(19)6-7-14(23)24/h10,12-13H,5-9,19-20H2,1-4H3,(H,23,24)(H,27,28). The van der Waals surface area contributed by atoms with Crippen molar-refractivity contribution in [1.29, 1.82) is 0 Å². The molecule has 0 aliphatic carbocycles. The van der Waals surface area contributed by atoms with Crippen LogP contribution >= 0.6 is 11.8 Å². The first-order chi connectivity index (χ1) is 13.4. The molecule has 0 bridgehead atoms. The number of hydrogen-bond donors (Lipinski definition) is 4. The first-order valence-electron chi connectivity index (χ1n) is 9.23. The van der Waals surface area contributed by atoms with Crippen LogP contribution in [0.5, 0.6) is 0 Å². The molecule has 11 heteroatoms. The van der Waals surface area contributed by atoms with Gasteiger partial charge in [-0.3, -0.25) is 24.1 Å². The molecule has 29 heavy (non-hydrogen) atoms. The molecule has 6 N–H and O–H groups in total. The molecule has 10 nitrogen and oxygen atoms in total. The molecule has 0 saturated heterocycles. The van der Waals surface area contributed by atoms with Gasteiger partial charge >= 0.3 is 11.9 Å². The normalized spacial score (nSPS) is 16.2. The molecule has 0 heterocycles. The number of carbonyl (C=O) groups is 5. The van der Waals surface area contributed by atoms with Crippen LogP contribution in [0.3, 0.4) is 0 Å². The fourth-order valence-corrected chi connectivity index (χ4v) is 3.53. The lowest BCUT2D eigenvalue weighted by atomic mass is 9.77. The number of Topliss-reactive ketones (excluding diaryl/α,β-unsaturated/α-hetero) is 1. The molecule has 0 aromatic carbocycles. The molecule has 0 aromatic heterocycles. The summed E-state index contributed by atoms with van der Waals surface area (Å²) in [5.41, 5.74) is 9.21.